The average molecular weight is 402 g/mol. The molecule has 0 aromatic carbocycles. The summed E-state index contributed by atoms with van der Waals surface area (Å²) in [6, 6.07) is -0.672. The molecule has 15 heteroatoms. The van der Waals surface area contributed by atoms with Gasteiger partial charge in [-0.05, 0) is 13.8 Å². The molecule has 0 aromatic heterocycles. The number of carbonyl (C=O) groups excluding carboxylic acids is 1. The maximum Gasteiger partial charge on any atom is 0.318 e. The number of nitro groups is 1. The topological polar surface area (TPSA) is 162 Å². The summed E-state index contributed by atoms with van der Waals surface area (Å²) in [4.78, 5) is 24.4. The van der Waals surface area contributed by atoms with Crippen molar-refractivity contribution in [1.29, 1.82) is 0 Å². The van der Waals surface area contributed by atoms with Crippen molar-refractivity contribution in [2.75, 3.05) is 32.3 Å². The minimum atomic E-state index is -4.00. The first-order chi connectivity index (χ1) is 11.3. The van der Waals surface area contributed by atoms with Crippen LogP contribution < -0.4 is 10.7 Å². The number of nitrogens with one attached hydrogen (secondary N) is 2. The first-order valence-corrected chi connectivity index (χ1v) is 10.9. The van der Waals surface area contributed by atoms with Crippen molar-refractivity contribution in [2.24, 2.45) is 0 Å². The minimum Gasteiger partial charge on any atom is -0.325 e. The smallest absolute Gasteiger partial charge is 0.318 e. The number of hydrogen-bond donors (Lipinski definition) is 2. The van der Waals surface area contributed by atoms with Crippen LogP contribution in [0.5, 0.6) is 0 Å². The van der Waals surface area contributed by atoms with Crippen LogP contribution in [-0.2, 0) is 20.0 Å². The molecule has 0 aromatic rings. The molecule has 1 aliphatic heterocycles. The molecule has 2 atom stereocenters. The molecule has 0 bridgehead atoms. The predicted octanol–water partition coefficient (Wildman–Crippen LogP) is -2.03. The third-order valence-electron chi connectivity index (χ3n) is 3.61. The van der Waals surface area contributed by atoms with Gasteiger partial charge < -0.3 is 10.2 Å². The third-order valence-corrected chi connectivity index (χ3v) is 6.00. The van der Waals surface area contributed by atoms with E-state index in [0.717, 1.165) is 12.5 Å². The summed E-state index contributed by atoms with van der Waals surface area (Å²) in [6.07, 6.45) is -1.47. The molecule has 0 unspecified atom stereocenters. The molecule has 0 aliphatic carbocycles. The highest BCUT2D eigenvalue weighted by atomic mass is 32.2. The molecule has 25 heavy (non-hydrogen) atoms. The van der Waals surface area contributed by atoms with Crippen molar-refractivity contribution in [2.45, 2.75) is 26.2 Å². The molecule has 1 aliphatic rings. The number of hydrogen-bond acceptors (Lipinski definition) is 7. The van der Waals surface area contributed by atoms with E-state index in [2.05, 4.69) is 5.32 Å². The lowest BCUT2D eigenvalue weighted by Gasteiger charge is -2.28. The molecule has 1 saturated heterocycles. The van der Waals surface area contributed by atoms with E-state index in [1.807, 2.05) is 0 Å². The Bertz CT molecular complexity index is 720. The van der Waals surface area contributed by atoms with Crippen LogP contribution >= 0.6 is 0 Å². The highest BCUT2D eigenvalue weighted by Crippen LogP contribution is 2.23. The van der Waals surface area contributed by atoms with Crippen molar-refractivity contribution in [3.8, 4) is 0 Å². The largest absolute Gasteiger partial charge is 0.325 e. The van der Waals surface area contributed by atoms with E-state index in [1.54, 1.807) is 19.3 Å². The van der Waals surface area contributed by atoms with Gasteiger partial charge in [-0.1, -0.05) is 0 Å². The fourth-order valence-corrected chi connectivity index (χ4v) is 4.27. The molecule has 1 rings (SSSR count). The van der Waals surface area contributed by atoms with E-state index in [1.165, 1.54) is 4.90 Å². The number of carbonyl (C=O) groups is 1. The predicted molar refractivity (Wildman–Crippen MR) is 87.4 cm³/mol. The van der Waals surface area contributed by atoms with Crippen LogP contribution in [0, 0.1) is 10.1 Å². The standard InChI is InChI=1S/C10H22N6O7S2/c1-5-13(6-2)10(17)11-8-9(12-16(18)19)15(25(4,22)23)7-14(8)24(3,20)21/h8-9,12H,5-7H2,1-4H3,(H,11,17)/t8-,9+/m1/s1. The van der Waals surface area contributed by atoms with Crippen LogP contribution in [0.1, 0.15) is 13.8 Å². The summed E-state index contributed by atoms with van der Waals surface area (Å²) >= 11 is 0. The molecular formula is C10H22N6O7S2. The second-order valence-electron chi connectivity index (χ2n) is 5.34. The Balaban J connectivity index is 3.31. The van der Waals surface area contributed by atoms with E-state index in [0.29, 0.717) is 21.7 Å². The van der Waals surface area contributed by atoms with E-state index in [9.17, 15) is 31.7 Å². The molecule has 13 nitrogen and oxygen atoms in total. The van der Waals surface area contributed by atoms with Gasteiger partial charge in [0, 0.05) is 13.1 Å². The van der Waals surface area contributed by atoms with Gasteiger partial charge in [0.15, 0.2) is 11.2 Å². The Kier molecular flexibility index (Phi) is 6.55. The highest BCUT2D eigenvalue weighted by Gasteiger charge is 2.51. The van der Waals surface area contributed by atoms with Gasteiger partial charge in [0.05, 0.1) is 19.2 Å². The van der Waals surface area contributed by atoms with Crippen molar-refractivity contribution in [1.82, 2.24) is 24.3 Å². The number of sulfonamides is 2. The van der Waals surface area contributed by atoms with E-state index < -0.39 is 50.1 Å². The molecule has 0 radical (unpaired) electrons. The average Bonchev–Trinajstić information content (AvgIpc) is 2.78. The lowest BCUT2D eigenvalue weighted by molar-refractivity contribution is -0.554. The van der Waals surface area contributed by atoms with Gasteiger partial charge in [0.25, 0.3) is 0 Å². The van der Waals surface area contributed by atoms with Gasteiger partial charge in [-0.2, -0.15) is 8.61 Å². The fraction of sp³-hybridized carbons (Fsp3) is 0.900. The zero-order chi connectivity index (χ0) is 19.6. The van der Waals surface area contributed by atoms with Gasteiger partial charge in [0.2, 0.25) is 20.0 Å². The number of rotatable bonds is 7. The normalized spacial score (nSPS) is 22.6. The van der Waals surface area contributed by atoms with E-state index in [4.69, 9.17) is 0 Å². The summed E-state index contributed by atoms with van der Waals surface area (Å²) in [6.45, 7) is 3.36. The van der Waals surface area contributed by atoms with Crippen LogP contribution in [0.3, 0.4) is 0 Å². The minimum absolute atomic E-state index is 0.317. The van der Waals surface area contributed by atoms with E-state index >= 15 is 0 Å². The number of urea groups is 1. The van der Waals surface area contributed by atoms with E-state index in [-0.39, 0.29) is 0 Å². The second kappa shape index (κ2) is 7.67. The molecule has 2 amide bonds. The summed E-state index contributed by atoms with van der Waals surface area (Å²) in [7, 11) is -7.96. The first kappa shape index (κ1) is 21.3. The summed E-state index contributed by atoms with van der Waals surface area (Å²) < 4.78 is 49.0. The molecule has 2 N–H and O–H groups in total. The highest BCUT2D eigenvalue weighted by molar-refractivity contribution is 7.89. The Morgan fingerprint density at radius 3 is 1.92 bits per heavy atom. The van der Waals surface area contributed by atoms with Gasteiger partial charge in [-0.3, -0.25) is 0 Å². The number of amides is 2. The van der Waals surface area contributed by atoms with Crippen LogP contribution in [0.15, 0.2) is 0 Å². The van der Waals surface area contributed by atoms with Crippen molar-refractivity contribution >= 4 is 26.1 Å². The van der Waals surface area contributed by atoms with Crippen molar-refractivity contribution in [3.05, 3.63) is 10.1 Å². The Labute approximate surface area is 146 Å². The molecule has 0 saturated carbocycles. The van der Waals surface area contributed by atoms with Crippen LogP contribution in [0.4, 0.5) is 4.79 Å². The molecule has 146 valence electrons. The lowest BCUT2D eigenvalue weighted by Crippen LogP contribution is -2.60. The summed E-state index contributed by atoms with van der Waals surface area (Å²) in [5, 5.41) is 12.2. The maximum absolute atomic E-state index is 12.2. The van der Waals surface area contributed by atoms with Crippen molar-refractivity contribution < 1.29 is 26.7 Å². The first-order valence-electron chi connectivity index (χ1n) is 7.22. The molecule has 0 spiro atoms. The van der Waals surface area contributed by atoms with Gasteiger partial charge in [-0.25, -0.2) is 31.7 Å². The molecule has 1 heterocycles. The SMILES string of the molecule is CCN(CC)C(=O)N[C@H]1[C@@H](N[N+](=O)[O-])N(S(C)(=O)=O)CN1S(C)(=O)=O. The summed E-state index contributed by atoms with van der Waals surface area (Å²) in [5.41, 5.74) is 1.76. The second-order valence-corrected chi connectivity index (χ2v) is 9.21. The molecule has 1 fully saturated rings. The Morgan fingerprint density at radius 2 is 1.56 bits per heavy atom. The van der Waals surface area contributed by atoms with Gasteiger partial charge in [-0.15, -0.1) is 5.43 Å². The lowest BCUT2D eigenvalue weighted by atomic mass is 10.4. The van der Waals surface area contributed by atoms with Gasteiger partial charge >= 0.3 is 6.03 Å². The molecular weight excluding hydrogens is 380 g/mol. The van der Waals surface area contributed by atoms with Crippen molar-refractivity contribution in [3.63, 3.8) is 0 Å². The summed E-state index contributed by atoms with van der Waals surface area (Å²) in [5.74, 6) is 0. The quantitative estimate of drug-likeness (QED) is 0.364. The Morgan fingerprint density at radius 1 is 1.12 bits per heavy atom. The zero-order valence-electron chi connectivity index (χ0n) is 14.2. The Hall–Kier alpha value is -1.71. The maximum atomic E-state index is 12.2. The van der Waals surface area contributed by atoms with Crippen LogP contribution in [0.2, 0.25) is 0 Å². The number of hydrazine groups is 1. The third kappa shape index (κ3) is 5.13. The van der Waals surface area contributed by atoms with Gasteiger partial charge in [0.1, 0.15) is 6.17 Å². The monoisotopic (exact) mass is 402 g/mol. The van der Waals surface area contributed by atoms with Crippen LogP contribution in [-0.4, -0.2) is 86.0 Å². The zero-order valence-corrected chi connectivity index (χ0v) is 15.9. The fourth-order valence-electron chi connectivity index (χ4n) is 2.37. The van der Waals surface area contributed by atoms with Crippen LogP contribution in [0.25, 0.3) is 0 Å². The number of nitrogens with zero attached hydrogens (tertiary/aromatic N) is 4.